The van der Waals surface area contributed by atoms with Crippen LogP contribution in [0.15, 0.2) is 34.9 Å². The second-order valence-electron chi connectivity index (χ2n) is 4.76. The van der Waals surface area contributed by atoms with Gasteiger partial charge >= 0.3 is 0 Å². The predicted molar refractivity (Wildman–Crippen MR) is 109 cm³/mol. The van der Waals surface area contributed by atoms with Crippen LogP contribution in [0.2, 0.25) is 0 Å². The second-order valence-corrected chi connectivity index (χ2v) is 6.09. The van der Waals surface area contributed by atoms with E-state index < -0.39 is 11.6 Å². The molecule has 0 aliphatic carbocycles. The van der Waals surface area contributed by atoms with Gasteiger partial charge in [0, 0.05) is 22.8 Å². The lowest BCUT2D eigenvalue weighted by molar-refractivity contribution is 0.318. The number of benzene rings is 1. The monoisotopic (exact) mass is 445 g/mol. The number of rotatable bonds is 6. The molecule has 2 aromatic rings. The zero-order valence-electron chi connectivity index (χ0n) is 14.9. The van der Waals surface area contributed by atoms with E-state index in [0.717, 1.165) is 4.47 Å². The molecule has 2 rings (SSSR count). The first kappa shape index (κ1) is 22.2. The number of ether oxygens (including phenoxy) is 1. The van der Waals surface area contributed by atoms with Gasteiger partial charge in [-0.15, -0.1) is 0 Å². The standard InChI is InChI=1S/C16H16BrF2N3OS.C2H6/c1-2-23-13-5-4-12(18)11(15(13)19)7-8-20-16(24)22-14-6-3-10(17)9-21-14;1-2/h3-6,9H,2,7-8H2,1H3,(H2,20,21,22,24);1-2H3. The van der Waals surface area contributed by atoms with E-state index in [9.17, 15) is 8.78 Å². The van der Waals surface area contributed by atoms with E-state index in [-0.39, 0.29) is 24.3 Å². The summed E-state index contributed by atoms with van der Waals surface area (Å²) in [6.45, 7) is 6.32. The van der Waals surface area contributed by atoms with E-state index in [1.165, 1.54) is 12.1 Å². The minimum atomic E-state index is -0.674. The number of nitrogens with zero attached hydrogens (tertiary/aromatic N) is 1. The highest BCUT2D eigenvalue weighted by Crippen LogP contribution is 2.23. The van der Waals surface area contributed by atoms with Crippen LogP contribution in [0.1, 0.15) is 26.3 Å². The number of pyridine rings is 1. The highest BCUT2D eigenvalue weighted by atomic mass is 79.9. The van der Waals surface area contributed by atoms with Gasteiger partial charge in [0.05, 0.1) is 6.61 Å². The lowest BCUT2D eigenvalue weighted by atomic mass is 10.1. The number of hydrogen-bond acceptors (Lipinski definition) is 3. The molecule has 26 heavy (non-hydrogen) atoms. The lowest BCUT2D eigenvalue weighted by Gasteiger charge is -2.12. The first-order valence-electron chi connectivity index (χ1n) is 8.27. The molecule has 0 fully saturated rings. The Bertz CT molecular complexity index is 714. The molecule has 0 atom stereocenters. The van der Waals surface area contributed by atoms with E-state index in [2.05, 4.69) is 31.5 Å². The van der Waals surface area contributed by atoms with Crippen molar-refractivity contribution in [2.24, 2.45) is 0 Å². The molecule has 4 nitrogen and oxygen atoms in total. The largest absolute Gasteiger partial charge is 0.491 e. The molecule has 0 saturated carbocycles. The molecule has 0 spiro atoms. The summed E-state index contributed by atoms with van der Waals surface area (Å²) < 4.78 is 34.0. The van der Waals surface area contributed by atoms with E-state index in [1.807, 2.05) is 19.9 Å². The summed E-state index contributed by atoms with van der Waals surface area (Å²) in [5, 5.41) is 6.11. The van der Waals surface area contributed by atoms with Crippen LogP contribution < -0.4 is 15.4 Å². The summed E-state index contributed by atoms with van der Waals surface area (Å²) >= 11 is 8.42. The molecule has 142 valence electrons. The average Bonchev–Trinajstić information content (AvgIpc) is 2.64. The van der Waals surface area contributed by atoms with Gasteiger partial charge in [0.2, 0.25) is 0 Å². The molecule has 0 aliphatic heterocycles. The molecule has 1 aromatic carbocycles. The van der Waals surface area contributed by atoms with Crippen molar-refractivity contribution >= 4 is 39.1 Å². The van der Waals surface area contributed by atoms with Gasteiger partial charge in [-0.2, -0.15) is 0 Å². The molecule has 0 aliphatic rings. The summed E-state index contributed by atoms with van der Waals surface area (Å²) in [7, 11) is 0. The molecule has 0 radical (unpaired) electrons. The van der Waals surface area contributed by atoms with Crippen molar-refractivity contribution in [3.05, 3.63) is 52.1 Å². The number of halogens is 3. The molecular weight excluding hydrogens is 424 g/mol. The fraction of sp³-hybridized carbons (Fsp3) is 0.333. The van der Waals surface area contributed by atoms with Crippen molar-refractivity contribution in [3.8, 4) is 5.75 Å². The highest BCUT2D eigenvalue weighted by molar-refractivity contribution is 9.10. The molecule has 0 unspecified atom stereocenters. The van der Waals surface area contributed by atoms with Crippen LogP contribution in [-0.2, 0) is 6.42 Å². The molecule has 0 saturated heterocycles. The SMILES string of the molecule is CC.CCOc1ccc(F)c(CCNC(=S)Nc2ccc(Br)cn2)c1F. The maximum atomic E-state index is 14.2. The number of thiocarbonyl (C=S) groups is 1. The van der Waals surface area contributed by atoms with Gasteiger partial charge in [-0.25, -0.2) is 13.8 Å². The number of aromatic nitrogens is 1. The zero-order valence-corrected chi connectivity index (χ0v) is 17.3. The predicted octanol–water partition coefficient (Wildman–Crippen LogP) is 5.08. The van der Waals surface area contributed by atoms with Crippen molar-refractivity contribution in [1.29, 1.82) is 0 Å². The third-order valence-corrected chi connectivity index (χ3v) is 3.80. The van der Waals surface area contributed by atoms with Crippen LogP contribution in [0.3, 0.4) is 0 Å². The molecule has 8 heteroatoms. The molecule has 1 aromatic heterocycles. The van der Waals surface area contributed by atoms with Gasteiger partial charge in [-0.1, -0.05) is 13.8 Å². The Morgan fingerprint density at radius 1 is 1.23 bits per heavy atom. The zero-order chi connectivity index (χ0) is 19.5. The Balaban J connectivity index is 0.00000163. The number of anilines is 1. The smallest absolute Gasteiger partial charge is 0.171 e. The maximum Gasteiger partial charge on any atom is 0.171 e. The van der Waals surface area contributed by atoms with Gasteiger partial charge in [0.25, 0.3) is 0 Å². The van der Waals surface area contributed by atoms with Crippen LogP contribution in [0, 0.1) is 11.6 Å². The van der Waals surface area contributed by atoms with Crippen molar-refractivity contribution in [2.75, 3.05) is 18.5 Å². The van der Waals surface area contributed by atoms with Crippen LogP contribution in [0.4, 0.5) is 14.6 Å². The summed E-state index contributed by atoms with van der Waals surface area (Å²) in [6, 6.07) is 6.06. The second kappa shape index (κ2) is 11.7. The summed E-state index contributed by atoms with van der Waals surface area (Å²) in [4.78, 5) is 4.12. The Morgan fingerprint density at radius 3 is 2.58 bits per heavy atom. The van der Waals surface area contributed by atoms with Crippen molar-refractivity contribution in [2.45, 2.75) is 27.2 Å². The Morgan fingerprint density at radius 2 is 1.96 bits per heavy atom. The minimum absolute atomic E-state index is 0.0296. The van der Waals surface area contributed by atoms with Crippen LogP contribution in [-0.4, -0.2) is 23.2 Å². The first-order valence-corrected chi connectivity index (χ1v) is 9.47. The molecular formula is C18H22BrF2N3OS. The van der Waals surface area contributed by atoms with E-state index in [4.69, 9.17) is 17.0 Å². The van der Waals surface area contributed by atoms with Gasteiger partial charge in [0.15, 0.2) is 16.7 Å². The van der Waals surface area contributed by atoms with Crippen LogP contribution >= 0.6 is 28.1 Å². The Kier molecular flexibility index (Phi) is 10.0. The van der Waals surface area contributed by atoms with Crippen LogP contribution in [0.5, 0.6) is 5.75 Å². The number of nitrogens with one attached hydrogen (secondary N) is 2. The molecule has 0 bridgehead atoms. The third kappa shape index (κ3) is 6.84. The highest BCUT2D eigenvalue weighted by Gasteiger charge is 2.14. The van der Waals surface area contributed by atoms with E-state index in [0.29, 0.717) is 17.5 Å². The fourth-order valence-electron chi connectivity index (χ4n) is 1.98. The number of hydrogen-bond donors (Lipinski definition) is 2. The van der Waals surface area contributed by atoms with Crippen LogP contribution in [0.25, 0.3) is 0 Å². The third-order valence-electron chi connectivity index (χ3n) is 3.08. The molecule has 0 amide bonds. The summed E-state index contributed by atoms with van der Waals surface area (Å²) in [6.07, 6.45) is 1.77. The summed E-state index contributed by atoms with van der Waals surface area (Å²) in [5.74, 6) is -0.654. The lowest BCUT2D eigenvalue weighted by Crippen LogP contribution is -2.30. The normalized spacial score (nSPS) is 9.77. The minimum Gasteiger partial charge on any atom is -0.491 e. The Labute approximate surface area is 166 Å². The van der Waals surface area contributed by atoms with Gasteiger partial charge < -0.3 is 15.4 Å². The van der Waals surface area contributed by atoms with Gasteiger partial charge in [-0.05, 0) is 65.8 Å². The summed E-state index contributed by atoms with van der Waals surface area (Å²) in [5.41, 5.74) is -0.0296. The van der Waals surface area contributed by atoms with Crippen molar-refractivity contribution < 1.29 is 13.5 Å². The van der Waals surface area contributed by atoms with Crippen molar-refractivity contribution in [1.82, 2.24) is 10.3 Å². The first-order chi connectivity index (χ1) is 12.5. The quantitative estimate of drug-likeness (QED) is 0.607. The average molecular weight is 446 g/mol. The topological polar surface area (TPSA) is 46.2 Å². The Hall–Kier alpha value is -1.80. The fourth-order valence-corrected chi connectivity index (χ4v) is 2.42. The van der Waals surface area contributed by atoms with Gasteiger partial charge in [-0.3, -0.25) is 0 Å². The van der Waals surface area contributed by atoms with E-state index >= 15 is 0 Å². The van der Waals surface area contributed by atoms with E-state index in [1.54, 1.807) is 19.2 Å². The maximum absolute atomic E-state index is 14.2. The van der Waals surface area contributed by atoms with Crippen molar-refractivity contribution in [3.63, 3.8) is 0 Å². The molecule has 2 N–H and O–H groups in total. The molecule has 1 heterocycles. The van der Waals surface area contributed by atoms with Gasteiger partial charge in [0.1, 0.15) is 11.6 Å².